The number of nitrogens with one attached hydrogen (secondary N) is 1. The third kappa shape index (κ3) is 2.88. The van der Waals surface area contributed by atoms with Gasteiger partial charge in [-0.3, -0.25) is 0 Å². The lowest BCUT2D eigenvalue weighted by atomic mass is 10.2. The molecule has 94 valence electrons. The fourth-order valence-electron chi connectivity index (χ4n) is 1.47. The number of halogens is 1. The molecule has 4 nitrogen and oxygen atoms in total. The molecule has 0 spiro atoms. The first-order chi connectivity index (χ1) is 8.58. The van der Waals surface area contributed by atoms with Crippen LogP contribution in [-0.4, -0.2) is 16.1 Å². The molecule has 0 unspecified atom stereocenters. The average Bonchev–Trinajstić information content (AvgIpc) is 2.80. The Bertz CT molecular complexity index is 583. The molecule has 0 radical (unpaired) electrons. The minimum Gasteiger partial charge on any atom is -0.476 e. The highest BCUT2D eigenvalue weighted by atomic mass is 79.9. The van der Waals surface area contributed by atoms with E-state index in [2.05, 4.69) is 26.2 Å². The fourth-order valence-corrected chi connectivity index (χ4v) is 2.49. The van der Waals surface area contributed by atoms with Crippen LogP contribution in [0.1, 0.15) is 21.1 Å². The molecule has 0 bridgehead atoms. The minimum atomic E-state index is -0.982. The number of aromatic nitrogens is 1. The Morgan fingerprint density at radius 2 is 2.33 bits per heavy atom. The molecule has 0 aliphatic heterocycles. The number of hydrogen-bond acceptors (Lipinski definition) is 4. The summed E-state index contributed by atoms with van der Waals surface area (Å²) in [5.41, 5.74) is 2.86. The second kappa shape index (κ2) is 5.49. The van der Waals surface area contributed by atoms with Gasteiger partial charge in [0.15, 0.2) is 0 Å². The second-order valence-corrected chi connectivity index (χ2v) is 5.43. The highest BCUT2D eigenvalue weighted by Crippen LogP contribution is 2.24. The molecule has 0 aliphatic rings. The first-order valence-electron chi connectivity index (χ1n) is 5.24. The van der Waals surface area contributed by atoms with Crippen LogP contribution >= 0.6 is 27.3 Å². The van der Waals surface area contributed by atoms with Crippen LogP contribution in [-0.2, 0) is 6.54 Å². The van der Waals surface area contributed by atoms with Crippen molar-refractivity contribution >= 4 is 38.9 Å². The lowest BCUT2D eigenvalue weighted by Gasteiger charge is -2.09. The molecule has 18 heavy (non-hydrogen) atoms. The van der Waals surface area contributed by atoms with E-state index in [1.165, 1.54) is 0 Å². The molecule has 0 saturated carbocycles. The van der Waals surface area contributed by atoms with Crippen molar-refractivity contribution in [3.63, 3.8) is 0 Å². The van der Waals surface area contributed by atoms with E-state index >= 15 is 0 Å². The largest absolute Gasteiger partial charge is 0.476 e. The molecule has 0 fully saturated rings. The number of thiazole rings is 1. The zero-order chi connectivity index (χ0) is 13.1. The van der Waals surface area contributed by atoms with Crippen molar-refractivity contribution in [3.05, 3.63) is 44.3 Å². The molecular formula is C12H11BrN2O2S. The molecule has 0 saturated heterocycles. The van der Waals surface area contributed by atoms with Gasteiger partial charge in [-0.25, -0.2) is 9.78 Å². The quantitative estimate of drug-likeness (QED) is 0.902. The molecule has 6 heteroatoms. The lowest BCUT2D eigenvalue weighted by molar-refractivity contribution is 0.0696. The smallest absolute Gasteiger partial charge is 0.365 e. The summed E-state index contributed by atoms with van der Waals surface area (Å²) in [6.45, 7) is 2.53. The topological polar surface area (TPSA) is 62.2 Å². The number of carbonyl (C=O) groups is 1. The van der Waals surface area contributed by atoms with Crippen molar-refractivity contribution in [2.75, 3.05) is 5.32 Å². The molecule has 1 heterocycles. The molecule has 0 amide bonds. The Kier molecular flexibility index (Phi) is 3.98. The first kappa shape index (κ1) is 13.0. The SMILES string of the molecule is Cc1c(Br)cccc1NCc1csc(C(=O)O)n1. The summed E-state index contributed by atoms with van der Waals surface area (Å²) in [6, 6.07) is 5.90. The van der Waals surface area contributed by atoms with Gasteiger partial charge in [-0.2, -0.15) is 0 Å². The molecule has 1 aromatic carbocycles. The Hall–Kier alpha value is -1.40. The van der Waals surface area contributed by atoms with Gasteiger partial charge in [0.2, 0.25) is 5.01 Å². The summed E-state index contributed by atoms with van der Waals surface area (Å²) < 4.78 is 1.04. The van der Waals surface area contributed by atoms with E-state index < -0.39 is 5.97 Å². The first-order valence-corrected chi connectivity index (χ1v) is 6.92. The lowest BCUT2D eigenvalue weighted by Crippen LogP contribution is -2.03. The number of benzene rings is 1. The zero-order valence-corrected chi connectivity index (χ0v) is 12.0. The van der Waals surface area contributed by atoms with Gasteiger partial charge < -0.3 is 10.4 Å². The van der Waals surface area contributed by atoms with Crippen LogP contribution in [0.4, 0.5) is 5.69 Å². The van der Waals surface area contributed by atoms with E-state index in [9.17, 15) is 4.79 Å². The minimum absolute atomic E-state index is 0.123. The normalized spacial score (nSPS) is 10.3. The van der Waals surface area contributed by atoms with Gasteiger partial charge in [-0.1, -0.05) is 22.0 Å². The van der Waals surface area contributed by atoms with Gasteiger partial charge in [0.1, 0.15) is 0 Å². The number of carboxylic acids is 1. The third-order valence-electron chi connectivity index (χ3n) is 2.46. The van der Waals surface area contributed by atoms with Crippen LogP contribution in [0.2, 0.25) is 0 Å². The van der Waals surface area contributed by atoms with Crippen molar-refractivity contribution in [2.45, 2.75) is 13.5 Å². The summed E-state index contributed by atoms with van der Waals surface area (Å²) in [5.74, 6) is -0.982. The summed E-state index contributed by atoms with van der Waals surface area (Å²) >= 11 is 4.60. The molecule has 0 atom stereocenters. The number of carboxylic acid groups (broad SMARTS) is 1. The highest BCUT2D eigenvalue weighted by Gasteiger charge is 2.09. The Balaban J connectivity index is 2.07. The Morgan fingerprint density at radius 3 is 3.00 bits per heavy atom. The number of rotatable bonds is 4. The van der Waals surface area contributed by atoms with Crippen LogP contribution in [0, 0.1) is 6.92 Å². The fraction of sp³-hybridized carbons (Fsp3) is 0.167. The summed E-state index contributed by atoms with van der Waals surface area (Å²) in [5, 5.41) is 13.9. The average molecular weight is 327 g/mol. The molecule has 2 N–H and O–H groups in total. The second-order valence-electron chi connectivity index (χ2n) is 3.72. The predicted octanol–water partition coefficient (Wildman–Crippen LogP) is 3.52. The molecule has 2 rings (SSSR count). The number of hydrogen-bond donors (Lipinski definition) is 2. The maximum atomic E-state index is 10.7. The molecule has 0 aliphatic carbocycles. The van der Waals surface area contributed by atoms with Crippen molar-refractivity contribution in [3.8, 4) is 0 Å². The summed E-state index contributed by atoms with van der Waals surface area (Å²) in [6.07, 6.45) is 0. The number of aromatic carboxylic acids is 1. The van der Waals surface area contributed by atoms with E-state index in [4.69, 9.17) is 5.11 Å². The Labute approximate surface area is 117 Å². The zero-order valence-electron chi connectivity index (χ0n) is 9.61. The third-order valence-corrected chi connectivity index (χ3v) is 4.20. The summed E-state index contributed by atoms with van der Waals surface area (Å²) in [4.78, 5) is 14.7. The number of nitrogens with zero attached hydrogens (tertiary/aromatic N) is 1. The number of anilines is 1. The van der Waals surface area contributed by atoms with Crippen LogP contribution in [0.15, 0.2) is 28.1 Å². The predicted molar refractivity (Wildman–Crippen MR) is 75.3 cm³/mol. The van der Waals surface area contributed by atoms with Crippen LogP contribution in [0.25, 0.3) is 0 Å². The van der Waals surface area contributed by atoms with Gasteiger partial charge in [0, 0.05) is 15.5 Å². The van der Waals surface area contributed by atoms with E-state index in [-0.39, 0.29) is 5.01 Å². The molecular weight excluding hydrogens is 316 g/mol. The van der Waals surface area contributed by atoms with E-state index in [1.54, 1.807) is 5.38 Å². The summed E-state index contributed by atoms with van der Waals surface area (Å²) in [7, 11) is 0. The van der Waals surface area contributed by atoms with E-state index in [0.717, 1.165) is 32.8 Å². The van der Waals surface area contributed by atoms with Crippen molar-refractivity contribution < 1.29 is 9.90 Å². The maximum absolute atomic E-state index is 10.7. The van der Waals surface area contributed by atoms with Gasteiger partial charge in [0.05, 0.1) is 12.2 Å². The maximum Gasteiger partial charge on any atom is 0.365 e. The van der Waals surface area contributed by atoms with Gasteiger partial charge in [0.25, 0.3) is 0 Å². The monoisotopic (exact) mass is 326 g/mol. The highest BCUT2D eigenvalue weighted by molar-refractivity contribution is 9.10. The van der Waals surface area contributed by atoms with Crippen LogP contribution in [0.5, 0.6) is 0 Å². The van der Waals surface area contributed by atoms with Crippen molar-refractivity contribution in [2.24, 2.45) is 0 Å². The van der Waals surface area contributed by atoms with Crippen molar-refractivity contribution in [1.29, 1.82) is 0 Å². The Morgan fingerprint density at radius 1 is 1.56 bits per heavy atom. The molecule has 2 aromatic rings. The van der Waals surface area contributed by atoms with Crippen molar-refractivity contribution in [1.82, 2.24) is 4.98 Å². The standard InChI is InChI=1S/C12H11BrN2O2S/c1-7-9(13)3-2-4-10(7)14-5-8-6-18-11(15-8)12(16)17/h2-4,6,14H,5H2,1H3,(H,16,17). The van der Waals surface area contributed by atoms with Gasteiger partial charge in [-0.15, -0.1) is 11.3 Å². The van der Waals surface area contributed by atoms with E-state index in [1.807, 2.05) is 25.1 Å². The molecule has 1 aromatic heterocycles. The van der Waals surface area contributed by atoms with Gasteiger partial charge >= 0.3 is 5.97 Å². The van der Waals surface area contributed by atoms with Gasteiger partial charge in [-0.05, 0) is 24.6 Å². The van der Waals surface area contributed by atoms with Crippen LogP contribution < -0.4 is 5.32 Å². The van der Waals surface area contributed by atoms with E-state index in [0.29, 0.717) is 6.54 Å². The van der Waals surface area contributed by atoms with Crippen LogP contribution in [0.3, 0.4) is 0 Å².